The van der Waals surface area contributed by atoms with E-state index in [1.165, 1.54) is 199 Å². The molecule has 0 nitrogen and oxygen atoms in total. The maximum absolute atomic E-state index is 2.33. The Bertz CT molecular complexity index is 2730. The van der Waals surface area contributed by atoms with Crippen LogP contribution >= 0.6 is 0 Å². The second kappa shape index (κ2) is 17.9. The molecule has 0 saturated carbocycles. The Kier molecular flexibility index (Phi) is 14.1. The van der Waals surface area contributed by atoms with Crippen molar-refractivity contribution in [2.24, 2.45) is 0 Å². The number of hydrogen-bond acceptors (Lipinski definition) is 0. The number of fused-ring (bicyclic) bond motifs is 3. The third kappa shape index (κ3) is 7.54. The van der Waals surface area contributed by atoms with E-state index < -0.39 is 0 Å². The largest absolute Gasteiger partial charge is 0.0447 e. The Labute approximate surface area is 391 Å². The minimum Gasteiger partial charge on any atom is -0.0447 e. The van der Waals surface area contributed by atoms with E-state index in [4.69, 9.17) is 0 Å². The van der Waals surface area contributed by atoms with E-state index in [9.17, 15) is 0 Å². The van der Waals surface area contributed by atoms with Crippen LogP contribution < -0.4 is 0 Å². The number of rotatable bonds is 1. The molecule has 0 saturated heterocycles. The predicted molar refractivity (Wildman–Crippen MR) is 290 cm³/mol. The average Bonchev–Trinajstić information content (AvgIpc) is 3.26. The summed E-state index contributed by atoms with van der Waals surface area (Å²) in [6.45, 7) is 63.7. The van der Waals surface area contributed by atoms with Crippen LogP contribution in [0.2, 0.25) is 0 Å². The molecule has 340 valence electrons. The Balaban J connectivity index is 0.000000183. The number of aryl methyl sites for hydroxylation is 10. The highest BCUT2D eigenvalue weighted by Gasteiger charge is 2.22. The quantitative estimate of drug-likeness (QED) is 0.144. The normalized spacial score (nSPS) is 11.4. The Hall–Kier alpha value is -4.68. The SMILES string of the molecule is Cc1c(C)c(C)c(-c2c(C)c(C)c(C)c(C)c2C)c(C)c1C.Cc1c(C)c(C)c2c(C)c(C)c(C)c(C)c2c1C.Cc1c(C)c(C)c2c(C)c3c(C)c(C)c(C)c(C)c3c(C)c2c1C. The highest BCUT2D eigenvalue weighted by atomic mass is 14.3. The Morgan fingerprint density at radius 3 is 0.328 bits per heavy atom. The van der Waals surface area contributed by atoms with Crippen molar-refractivity contribution in [3.63, 3.8) is 0 Å². The van der Waals surface area contributed by atoms with Gasteiger partial charge < -0.3 is 0 Å². The van der Waals surface area contributed by atoms with Gasteiger partial charge in [-0.15, -0.1) is 0 Å². The van der Waals surface area contributed by atoms with Crippen molar-refractivity contribution >= 4 is 32.3 Å². The van der Waals surface area contributed by atoms with Gasteiger partial charge in [-0.25, -0.2) is 0 Å². The summed E-state index contributed by atoms with van der Waals surface area (Å²) in [5.41, 5.74) is 43.4. The summed E-state index contributed by atoms with van der Waals surface area (Å²) in [6.07, 6.45) is 0. The van der Waals surface area contributed by atoms with Gasteiger partial charge >= 0.3 is 0 Å². The highest BCUT2D eigenvalue weighted by Crippen LogP contribution is 2.44. The van der Waals surface area contributed by atoms with E-state index in [0.29, 0.717) is 0 Å². The lowest BCUT2D eigenvalue weighted by molar-refractivity contribution is 1.14. The van der Waals surface area contributed by atoms with Gasteiger partial charge in [0.1, 0.15) is 0 Å². The van der Waals surface area contributed by atoms with Gasteiger partial charge in [-0.3, -0.25) is 0 Å². The predicted octanol–water partition coefficient (Wildman–Crippen LogP) is 18.8. The maximum atomic E-state index is 2.33. The van der Waals surface area contributed by atoms with E-state index in [1.807, 2.05) is 0 Å². The van der Waals surface area contributed by atoms with Gasteiger partial charge in [0, 0.05) is 0 Å². The monoisotopic (exact) mass is 853 g/mol. The summed E-state index contributed by atoms with van der Waals surface area (Å²) in [6, 6.07) is 0. The first kappa shape index (κ1) is 50.3. The summed E-state index contributed by atoms with van der Waals surface area (Å²) in [5.74, 6) is 0. The molecule has 0 spiro atoms. The third-order valence-corrected chi connectivity index (χ3v) is 18.2. The number of benzene rings is 7. The molecule has 0 aromatic heterocycles. The zero-order valence-electron chi connectivity index (χ0n) is 46.0. The van der Waals surface area contributed by atoms with Crippen LogP contribution in [-0.2, 0) is 0 Å². The van der Waals surface area contributed by atoms with Crippen LogP contribution in [0.5, 0.6) is 0 Å². The van der Waals surface area contributed by atoms with Gasteiger partial charge in [0.15, 0.2) is 0 Å². The summed E-state index contributed by atoms with van der Waals surface area (Å²) in [4.78, 5) is 0. The van der Waals surface area contributed by atoms with E-state index in [1.54, 1.807) is 0 Å². The van der Waals surface area contributed by atoms with Crippen molar-refractivity contribution in [1.82, 2.24) is 0 Å². The lowest BCUT2D eigenvalue weighted by Gasteiger charge is -2.25. The molecule has 0 aliphatic rings. The van der Waals surface area contributed by atoms with E-state index >= 15 is 0 Å². The minimum atomic E-state index is 1.44. The second-order valence-electron chi connectivity index (χ2n) is 20.5. The van der Waals surface area contributed by atoms with Crippen molar-refractivity contribution < 1.29 is 0 Å². The van der Waals surface area contributed by atoms with Gasteiger partial charge in [-0.1, -0.05) is 0 Å². The van der Waals surface area contributed by atoms with Crippen LogP contribution in [0.3, 0.4) is 0 Å². The van der Waals surface area contributed by atoms with Crippen LogP contribution in [0, 0.1) is 194 Å². The molecule has 0 atom stereocenters. The minimum absolute atomic E-state index is 1.44. The number of hydrogen-bond donors (Lipinski definition) is 0. The van der Waals surface area contributed by atoms with Crippen molar-refractivity contribution in [3.05, 3.63) is 156 Å². The molecule has 0 unspecified atom stereocenters. The molecule has 0 bridgehead atoms. The summed E-state index contributed by atoms with van der Waals surface area (Å²) >= 11 is 0. The van der Waals surface area contributed by atoms with Crippen LogP contribution in [0.1, 0.15) is 156 Å². The lowest BCUT2D eigenvalue weighted by atomic mass is 9.80. The third-order valence-electron chi connectivity index (χ3n) is 18.2. The molecule has 0 aliphatic heterocycles. The first-order valence-electron chi connectivity index (χ1n) is 24.0. The van der Waals surface area contributed by atoms with Gasteiger partial charge in [0.05, 0.1) is 0 Å². The molecule has 7 rings (SSSR count). The summed E-state index contributed by atoms with van der Waals surface area (Å²) in [5, 5.41) is 8.88. The van der Waals surface area contributed by atoms with Crippen LogP contribution in [0.4, 0.5) is 0 Å². The molecular formula is C64H84. The average molecular weight is 853 g/mol. The van der Waals surface area contributed by atoms with Gasteiger partial charge in [0.2, 0.25) is 0 Å². The van der Waals surface area contributed by atoms with E-state index in [-0.39, 0.29) is 0 Å². The van der Waals surface area contributed by atoms with Gasteiger partial charge in [-0.2, -0.15) is 0 Å². The topological polar surface area (TPSA) is 0 Å². The van der Waals surface area contributed by atoms with E-state index in [0.717, 1.165) is 0 Å². The van der Waals surface area contributed by atoms with Crippen LogP contribution in [0.25, 0.3) is 43.4 Å². The van der Waals surface area contributed by atoms with Crippen LogP contribution in [0.15, 0.2) is 0 Å². The molecule has 0 fully saturated rings. The molecule has 7 aromatic carbocycles. The van der Waals surface area contributed by atoms with Crippen LogP contribution in [-0.4, -0.2) is 0 Å². The summed E-state index contributed by atoms with van der Waals surface area (Å²) in [7, 11) is 0. The molecular weight excluding hydrogens is 769 g/mol. The maximum Gasteiger partial charge on any atom is -0.0111 e. The standard InChI is InChI=1S/C24H30.C22H30.C18H24/c1-11-12(2)16(6)22-20(10)24-18(8)14(4)13(3)17(7)23(24)19(9)21(22)15(11)5;1-11-13(3)17(7)21(18(8)14(11)4)22-19(9)15(5)12(2)16(6)20(22)10;1-9-10(2)14(6)18-16(8)12(4)11(3)15(7)17(18)13(9)5/h1-10H3;1-10H3;1-8H3. The Morgan fingerprint density at radius 2 is 0.188 bits per heavy atom. The molecule has 7 aromatic rings. The van der Waals surface area contributed by atoms with Crippen molar-refractivity contribution in [2.45, 2.75) is 194 Å². The molecule has 64 heavy (non-hydrogen) atoms. The van der Waals surface area contributed by atoms with Gasteiger partial charge in [-0.05, 0) is 393 Å². The van der Waals surface area contributed by atoms with Crippen molar-refractivity contribution in [1.29, 1.82) is 0 Å². The van der Waals surface area contributed by atoms with E-state index in [2.05, 4.69) is 194 Å². The molecule has 0 aliphatic carbocycles. The lowest BCUT2D eigenvalue weighted by Crippen LogP contribution is -2.05. The van der Waals surface area contributed by atoms with Crippen molar-refractivity contribution in [3.8, 4) is 11.1 Å². The molecule has 0 radical (unpaired) electrons. The smallest absolute Gasteiger partial charge is 0.0111 e. The highest BCUT2D eigenvalue weighted by molar-refractivity contribution is 6.11. The zero-order valence-corrected chi connectivity index (χ0v) is 46.0. The van der Waals surface area contributed by atoms with Gasteiger partial charge in [0.25, 0.3) is 0 Å². The molecule has 0 amide bonds. The summed E-state index contributed by atoms with van der Waals surface area (Å²) < 4.78 is 0. The fourth-order valence-electron chi connectivity index (χ4n) is 11.7. The Morgan fingerprint density at radius 1 is 0.0938 bits per heavy atom. The molecule has 0 heterocycles. The van der Waals surface area contributed by atoms with Crippen molar-refractivity contribution in [2.75, 3.05) is 0 Å². The molecule has 0 N–H and O–H groups in total. The zero-order chi connectivity index (χ0) is 48.8. The second-order valence-corrected chi connectivity index (χ2v) is 20.5. The molecule has 0 heteroatoms. The fraction of sp³-hybridized carbons (Fsp3) is 0.438. The first-order chi connectivity index (χ1) is 29.5. The fourth-order valence-corrected chi connectivity index (χ4v) is 11.7. The first-order valence-corrected chi connectivity index (χ1v) is 24.0.